The zero-order valence-corrected chi connectivity index (χ0v) is 8.41. The molecule has 1 aromatic rings. The summed E-state index contributed by atoms with van der Waals surface area (Å²) in [5, 5.41) is 7.34. The van der Waals surface area contributed by atoms with Gasteiger partial charge in [0.15, 0.2) is 0 Å². The van der Waals surface area contributed by atoms with Crippen LogP contribution >= 0.6 is 0 Å². The summed E-state index contributed by atoms with van der Waals surface area (Å²) >= 11 is 0. The van der Waals surface area contributed by atoms with Gasteiger partial charge < -0.3 is 5.32 Å². The van der Waals surface area contributed by atoms with Crippen LogP contribution in [0.4, 0.5) is 5.82 Å². The average Bonchev–Trinajstić information content (AvgIpc) is 2.52. The molecule has 72 valence electrons. The smallest absolute Gasteiger partial charge is 0.129 e. The molecule has 0 atom stereocenters. The molecule has 0 saturated heterocycles. The second kappa shape index (κ2) is 4.64. The third kappa shape index (κ3) is 2.57. The van der Waals surface area contributed by atoms with Crippen molar-refractivity contribution in [3.63, 3.8) is 0 Å². The standard InChI is InChI=1S/C9H16N4/c1-4-10-8(3)12-9-6-7-11-13(9)5-2/h6-7H,4-5H2,1-3H3,(H,10,12). The quantitative estimate of drug-likeness (QED) is 0.569. The molecule has 0 saturated carbocycles. The Balaban J connectivity index is 2.68. The molecule has 0 aromatic carbocycles. The van der Waals surface area contributed by atoms with Crippen LogP contribution in [0.15, 0.2) is 17.3 Å². The normalized spacial score (nSPS) is 11.8. The van der Waals surface area contributed by atoms with E-state index in [4.69, 9.17) is 0 Å². The molecule has 0 aliphatic carbocycles. The van der Waals surface area contributed by atoms with Crippen molar-refractivity contribution in [2.75, 3.05) is 11.9 Å². The highest BCUT2D eigenvalue weighted by Crippen LogP contribution is 2.05. The number of aromatic nitrogens is 2. The largest absolute Gasteiger partial charge is 0.329 e. The maximum absolute atomic E-state index is 4.24. The molecule has 0 unspecified atom stereocenters. The first-order valence-electron chi connectivity index (χ1n) is 4.57. The van der Waals surface area contributed by atoms with Crippen LogP contribution in [0.3, 0.4) is 0 Å². The van der Waals surface area contributed by atoms with E-state index in [0.717, 1.165) is 24.7 Å². The lowest BCUT2D eigenvalue weighted by Crippen LogP contribution is -2.12. The SMILES string of the molecule is CCN=C(C)Nc1ccnn1CC. The monoisotopic (exact) mass is 180 g/mol. The second-order valence-electron chi connectivity index (χ2n) is 2.72. The van der Waals surface area contributed by atoms with Crippen molar-refractivity contribution in [3.05, 3.63) is 12.3 Å². The third-order valence-electron chi connectivity index (χ3n) is 1.72. The summed E-state index contributed by atoms with van der Waals surface area (Å²) in [5.41, 5.74) is 0. The molecule has 4 nitrogen and oxygen atoms in total. The number of aliphatic imine (C=N–C) groups is 1. The van der Waals surface area contributed by atoms with Crippen LogP contribution in [0.1, 0.15) is 20.8 Å². The molecule has 0 radical (unpaired) electrons. The summed E-state index contributed by atoms with van der Waals surface area (Å²) in [5.74, 6) is 1.93. The van der Waals surface area contributed by atoms with Crippen molar-refractivity contribution in [2.45, 2.75) is 27.3 Å². The fraction of sp³-hybridized carbons (Fsp3) is 0.556. The second-order valence-corrected chi connectivity index (χ2v) is 2.72. The first-order valence-corrected chi connectivity index (χ1v) is 4.57. The third-order valence-corrected chi connectivity index (χ3v) is 1.72. The fourth-order valence-corrected chi connectivity index (χ4v) is 1.15. The molecular formula is C9H16N4. The molecule has 0 fully saturated rings. The first kappa shape index (κ1) is 9.77. The fourth-order valence-electron chi connectivity index (χ4n) is 1.15. The van der Waals surface area contributed by atoms with E-state index in [-0.39, 0.29) is 0 Å². The zero-order valence-electron chi connectivity index (χ0n) is 8.41. The maximum Gasteiger partial charge on any atom is 0.129 e. The van der Waals surface area contributed by atoms with Crippen LogP contribution in [0.2, 0.25) is 0 Å². The molecule has 13 heavy (non-hydrogen) atoms. The van der Waals surface area contributed by atoms with Crippen LogP contribution in [0, 0.1) is 0 Å². The van der Waals surface area contributed by atoms with Gasteiger partial charge in [-0.25, -0.2) is 4.68 Å². The van der Waals surface area contributed by atoms with Crippen molar-refractivity contribution >= 4 is 11.7 Å². The van der Waals surface area contributed by atoms with Crippen molar-refractivity contribution in [2.24, 2.45) is 4.99 Å². The molecule has 0 bridgehead atoms. The van der Waals surface area contributed by atoms with Crippen LogP contribution in [0.25, 0.3) is 0 Å². The number of nitrogens with zero attached hydrogens (tertiary/aromatic N) is 3. The van der Waals surface area contributed by atoms with Gasteiger partial charge in [0.25, 0.3) is 0 Å². The Labute approximate surface area is 78.7 Å². The Morgan fingerprint density at radius 1 is 1.62 bits per heavy atom. The van der Waals surface area contributed by atoms with E-state index in [2.05, 4.69) is 22.3 Å². The van der Waals surface area contributed by atoms with Gasteiger partial charge in [0.1, 0.15) is 5.82 Å². The minimum atomic E-state index is 0.805. The van der Waals surface area contributed by atoms with E-state index in [1.165, 1.54) is 0 Å². The number of aryl methyl sites for hydroxylation is 1. The van der Waals surface area contributed by atoms with Crippen molar-refractivity contribution < 1.29 is 0 Å². The number of rotatable bonds is 3. The Morgan fingerprint density at radius 3 is 3.00 bits per heavy atom. The zero-order chi connectivity index (χ0) is 9.68. The number of nitrogens with one attached hydrogen (secondary N) is 1. The van der Waals surface area contributed by atoms with Gasteiger partial charge in [-0.1, -0.05) is 0 Å². The Kier molecular flexibility index (Phi) is 3.49. The highest BCUT2D eigenvalue weighted by Gasteiger charge is 1.99. The van der Waals surface area contributed by atoms with Gasteiger partial charge in [-0.3, -0.25) is 4.99 Å². The lowest BCUT2D eigenvalue weighted by molar-refractivity contribution is 0.669. The minimum absolute atomic E-state index is 0.805. The summed E-state index contributed by atoms with van der Waals surface area (Å²) in [6, 6.07) is 1.94. The van der Waals surface area contributed by atoms with Crippen molar-refractivity contribution in [1.29, 1.82) is 0 Å². The van der Waals surface area contributed by atoms with Crippen LogP contribution in [-0.2, 0) is 6.54 Å². The van der Waals surface area contributed by atoms with Gasteiger partial charge in [-0.2, -0.15) is 5.10 Å². The molecule has 0 amide bonds. The Bertz CT molecular complexity index is 288. The number of hydrogen-bond donors (Lipinski definition) is 1. The van der Waals surface area contributed by atoms with Crippen LogP contribution in [0.5, 0.6) is 0 Å². The maximum atomic E-state index is 4.24. The lowest BCUT2D eigenvalue weighted by Gasteiger charge is -2.06. The van der Waals surface area contributed by atoms with Gasteiger partial charge >= 0.3 is 0 Å². The van der Waals surface area contributed by atoms with Crippen LogP contribution < -0.4 is 5.32 Å². The molecule has 4 heteroatoms. The highest BCUT2D eigenvalue weighted by atomic mass is 15.3. The highest BCUT2D eigenvalue weighted by molar-refractivity contribution is 5.92. The van der Waals surface area contributed by atoms with Crippen LogP contribution in [-0.4, -0.2) is 22.2 Å². The van der Waals surface area contributed by atoms with E-state index in [0.29, 0.717) is 0 Å². The van der Waals surface area contributed by atoms with Crippen molar-refractivity contribution in [1.82, 2.24) is 9.78 Å². The molecule has 1 aromatic heterocycles. The summed E-state index contributed by atoms with van der Waals surface area (Å²) in [6.07, 6.45) is 1.78. The Morgan fingerprint density at radius 2 is 2.38 bits per heavy atom. The summed E-state index contributed by atoms with van der Waals surface area (Å²) in [7, 11) is 0. The summed E-state index contributed by atoms with van der Waals surface area (Å²) < 4.78 is 1.90. The summed E-state index contributed by atoms with van der Waals surface area (Å²) in [6.45, 7) is 7.71. The van der Waals surface area contributed by atoms with Crippen molar-refractivity contribution in [3.8, 4) is 0 Å². The van der Waals surface area contributed by atoms with E-state index in [1.54, 1.807) is 6.20 Å². The predicted octanol–water partition coefficient (Wildman–Crippen LogP) is 1.75. The summed E-state index contributed by atoms with van der Waals surface area (Å²) in [4.78, 5) is 4.24. The number of hydrogen-bond acceptors (Lipinski definition) is 2. The first-order chi connectivity index (χ1) is 6.27. The molecule has 1 rings (SSSR count). The number of anilines is 1. The minimum Gasteiger partial charge on any atom is -0.329 e. The van der Waals surface area contributed by atoms with Gasteiger partial charge in [-0.05, 0) is 20.8 Å². The van der Waals surface area contributed by atoms with E-state index >= 15 is 0 Å². The molecule has 1 N–H and O–H groups in total. The lowest BCUT2D eigenvalue weighted by atomic mass is 10.5. The Hall–Kier alpha value is -1.32. The topological polar surface area (TPSA) is 42.2 Å². The molecule has 0 spiro atoms. The van der Waals surface area contributed by atoms with Gasteiger partial charge in [-0.15, -0.1) is 0 Å². The number of amidine groups is 1. The van der Waals surface area contributed by atoms with E-state index in [1.807, 2.05) is 24.6 Å². The van der Waals surface area contributed by atoms with Gasteiger partial charge in [0, 0.05) is 19.2 Å². The molecular weight excluding hydrogens is 164 g/mol. The molecule has 0 aliphatic heterocycles. The predicted molar refractivity (Wildman–Crippen MR) is 55.2 cm³/mol. The van der Waals surface area contributed by atoms with Gasteiger partial charge in [0.2, 0.25) is 0 Å². The van der Waals surface area contributed by atoms with E-state index in [9.17, 15) is 0 Å². The average molecular weight is 180 g/mol. The molecule has 0 aliphatic rings. The molecule has 1 heterocycles. The van der Waals surface area contributed by atoms with Gasteiger partial charge in [0.05, 0.1) is 12.0 Å². The van der Waals surface area contributed by atoms with E-state index < -0.39 is 0 Å².